The van der Waals surface area contributed by atoms with Gasteiger partial charge in [-0.25, -0.2) is 0 Å². The van der Waals surface area contributed by atoms with E-state index < -0.39 is 0 Å². The predicted octanol–water partition coefficient (Wildman–Crippen LogP) is 4.96. The van der Waals surface area contributed by atoms with Gasteiger partial charge in [-0.2, -0.15) is 0 Å². The smallest absolute Gasteiger partial charge is 0.165 e. The number of nitrogens with zero attached hydrogens (tertiary/aromatic N) is 1. The van der Waals surface area contributed by atoms with Crippen molar-refractivity contribution >= 4 is 12.4 Å². The first-order chi connectivity index (χ1) is 11.2. The van der Waals surface area contributed by atoms with Crippen LogP contribution in [-0.2, 0) is 6.42 Å². The number of hydrogen-bond donors (Lipinski definition) is 2. The monoisotopic (exact) mass is 345 g/mol. The van der Waals surface area contributed by atoms with Crippen molar-refractivity contribution in [1.29, 1.82) is 0 Å². The Morgan fingerprint density at radius 2 is 1.92 bits per heavy atom. The largest absolute Gasteiger partial charge is 0.504 e. The molecule has 2 aliphatic rings. The third-order valence-corrected chi connectivity index (χ3v) is 5.49. The minimum Gasteiger partial charge on any atom is -0.504 e. The molecule has 4 rings (SSSR count). The van der Waals surface area contributed by atoms with Crippen LogP contribution in [0.15, 0.2) is 30.3 Å². The molecular weight excluding hydrogens is 322 g/mol. The number of benzene rings is 2. The zero-order valence-electron chi connectivity index (χ0n) is 14.1. The van der Waals surface area contributed by atoms with Crippen LogP contribution in [0.25, 0.3) is 11.1 Å². The Morgan fingerprint density at radius 1 is 1.12 bits per heavy atom. The van der Waals surface area contributed by atoms with Crippen LogP contribution in [0.1, 0.15) is 55.5 Å². The van der Waals surface area contributed by atoms with Crippen LogP contribution in [0, 0.1) is 0 Å². The van der Waals surface area contributed by atoms with Crippen molar-refractivity contribution in [2.24, 2.45) is 0 Å². The lowest BCUT2D eigenvalue weighted by Crippen LogP contribution is -2.28. The van der Waals surface area contributed by atoms with Gasteiger partial charge in [-0.3, -0.25) is 4.90 Å². The van der Waals surface area contributed by atoms with Crippen LogP contribution < -0.4 is 0 Å². The Labute approximate surface area is 149 Å². The summed E-state index contributed by atoms with van der Waals surface area (Å²) in [5, 5.41) is 20.3. The van der Waals surface area contributed by atoms with Crippen molar-refractivity contribution in [1.82, 2.24) is 4.90 Å². The van der Waals surface area contributed by atoms with Crippen LogP contribution in [0.5, 0.6) is 11.5 Å². The van der Waals surface area contributed by atoms with Crippen LogP contribution in [0.2, 0.25) is 0 Å². The Hall–Kier alpha value is -1.71. The number of hydrogen-bond acceptors (Lipinski definition) is 3. The lowest BCUT2D eigenvalue weighted by atomic mass is 9.81. The van der Waals surface area contributed by atoms with Crippen molar-refractivity contribution in [2.75, 3.05) is 6.54 Å². The highest BCUT2D eigenvalue weighted by Crippen LogP contribution is 2.55. The highest BCUT2D eigenvalue weighted by Gasteiger charge is 2.41. The fourth-order valence-corrected chi connectivity index (χ4v) is 4.58. The van der Waals surface area contributed by atoms with E-state index in [1.54, 1.807) is 6.07 Å². The highest BCUT2D eigenvalue weighted by atomic mass is 35.5. The van der Waals surface area contributed by atoms with E-state index >= 15 is 0 Å². The second-order valence-corrected chi connectivity index (χ2v) is 6.63. The zero-order chi connectivity index (χ0) is 16.1. The average Bonchev–Trinajstić information content (AvgIpc) is 2.86. The molecule has 0 amide bonds. The predicted molar refractivity (Wildman–Crippen MR) is 98.9 cm³/mol. The summed E-state index contributed by atoms with van der Waals surface area (Å²) in [4.78, 5) is 2.60. The van der Waals surface area contributed by atoms with Crippen LogP contribution in [0.4, 0.5) is 0 Å². The maximum atomic E-state index is 10.4. The number of likely N-dealkylation sites (N-methyl/N-ethyl adjacent to an activating group) is 1. The number of fused-ring (bicyclic) bond motifs is 2. The molecule has 2 aromatic carbocycles. The van der Waals surface area contributed by atoms with Crippen LogP contribution in [0.3, 0.4) is 0 Å². The first-order valence-electron chi connectivity index (χ1n) is 8.60. The maximum absolute atomic E-state index is 10.4. The summed E-state index contributed by atoms with van der Waals surface area (Å²) >= 11 is 0. The molecule has 0 bridgehead atoms. The topological polar surface area (TPSA) is 43.7 Å². The fraction of sp³-hybridized carbons (Fsp3) is 0.400. The fourth-order valence-electron chi connectivity index (χ4n) is 4.58. The summed E-state index contributed by atoms with van der Waals surface area (Å²) in [5.74, 6) is -0.00778. The summed E-state index contributed by atoms with van der Waals surface area (Å²) in [7, 11) is 0. The van der Waals surface area contributed by atoms with Gasteiger partial charge >= 0.3 is 0 Å². The average molecular weight is 346 g/mol. The van der Waals surface area contributed by atoms with Crippen molar-refractivity contribution in [3.8, 4) is 22.6 Å². The Balaban J connectivity index is 0.00000169. The second-order valence-electron chi connectivity index (χ2n) is 6.63. The maximum Gasteiger partial charge on any atom is 0.165 e. The molecule has 4 heteroatoms. The van der Waals surface area contributed by atoms with Gasteiger partial charge in [-0.15, -0.1) is 12.4 Å². The molecule has 128 valence electrons. The highest BCUT2D eigenvalue weighted by molar-refractivity contribution is 5.85. The SMILES string of the molecule is CCC[C@H]1c2cccc3c2[C@@H](Cc2ccc(O)c(O)c2-3)N1CC.Cl. The molecular formula is C20H24ClNO2. The molecule has 0 spiro atoms. The standard InChI is InChI=1S/C20H23NO2.ClH/c1-3-6-15-13-7-5-8-14-18-12(9-10-17(22)20(18)23)11-16(19(13)14)21(15)4-2;/h5,7-10,15-16,22-23H,3-4,6,11H2,1-2H3;1H/t15-,16+;/m0./s1. The van der Waals surface area contributed by atoms with Crippen molar-refractivity contribution < 1.29 is 10.2 Å². The molecule has 2 N–H and O–H groups in total. The summed E-state index contributed by atoms with van der Waals surface area (Å²) in [6.07, 6.45) is 3.23. The number of halogens is 1. The number of rotatable bonds is 3. The van der Waals surface area contributed by atoms with Gasteiger partial charge < -0.3 is 10.2 Å². The van der Waals surface area contributed by atoms with E-state index in [0.29, 0.717) is 12.1 Å². The van der Waals surface area contributed by atoms with Crippen LogP contribution in [-0.4, -0.2) is 21.7 Å². The van der Waals surface area contributed by atoms with E-state index in [4.69, 9.17) is 0 Å². The van der Waals surface area contributed by atoms with Gasteiger partial charge in [0.05, 0.1) is 0 Å². The van der Waals surface area contributed by atoms with Crippen LogP contribution >= 0.6 is 12.4 Å². The normalized spacial score (nSPS) is 21.1. The van der Waals surface area contributed by atoms with E-state index in [-0.39, 0.29) is 23.9 Å². The number of phenols is 2. The summed E-state index contributed by atoms with van der Waals surface area (Å²) in [5.41, 5.74) is 5.82. The molecule has 0 aromatic heterocycles. The second kappa shape index (κ2) is 6.30. The third-order valence-electron chi connectivity index (χ3n) is 5.49. The molecule has 2 aromatic rings. The molecule has 2 atom stereocenters. The van der Waals surface area contributed by atoms with Gasteiger partial charge in [0.25, 0.3) is 0 Å². The summed E-state index contributed by atoms with van der Waals surface area (Å²) < 4.78 is 0. The number of phenolic OH excluding ortho intramolecular Hbond substituents is 2. The summed E-state index contributed by atoms with van der Waals surface area (Å²) in [6, 6.07) is 10.8. The van der Waals surface area contributed by atoms with Gasteiger partial charge in [-0.05, 0) is 47.7 Å². The van der Waals surface area contributed by atoms with Crippen molar-refractivity contribution in [2.45, 2.75) is 45.2 Å². The zero-order valence-corrected chi connectivity index (χ0v) is 14.9. The minimum absolute atomic E-state index is 0. The van der Waals surface area contributed by atoms with E-state index in [0.717, 1.165) is 42.5 Å². The van der Waals surface area contributed by atoms with E-state index in [9.17, 15) is 10.2 Å². The van der Waals surface area contributed by atoms with Crippen molar-refractivity contribution in [3.05, 3.63) is 47.0 Å². The van der Waals surface area contributed by atoms with Gasteiger partial charge in [0.15, 0.2) is 11.5 Å². The molecule has 0 saturated heterocycles. The molecule has 24 heavy (non-hydrogen) atoms. The molecule has 3 nitrogen and oxygen atoms in total. The number of aromatic hydroxyl groups is 2. The molecule has 0 radical (unpaired) electrons. The van der Waals surface area contributed by atoms with Gasteiger partial charge in [0.2, 0.25) is 0 Å². The van der Waals surface area contributed by atoms with E-state index in [2.05, 4.69) is 36.9 Å². The van der Waals surface area contributed by atoms with Crippen molar-refractivity contribution in [3.63, 3.8) is 0 Å². The van der Waals surface area contributed by atoms with E-state index in [1.165, 1.54) is 11.1 Å². The van der Waals surface area contributed by atoms with Gasteiger partial charge in [-0.1, -0.05) is 44.5 Å². The quantitative estimate of drug-likeness (QED) is 0.773. The molecule has 0 fully saturated rings. The Bertz CT molecular complexity index is 774. The molecule has 0 unspecified atom stereocenters. The first-order valence-corrected chi connectivity index (χ1v) is 8.60. The third kappa shape index (κ3) is 2.22. The minimum atomic E-state index is -0.0322. The Kier molecular flexibility index (Phi) is 4.50. The molecule has 1 heterocycles. The molecule has 1 aliphatic carbocycles. The van der Waals surface area contributed by atoms with E-state index in [1.807, 2.05) is 6.07 Å². The molecule has 1 aliphatic heterocycles. The molecule has 0 saturated carbocycles. The van der Waals surface area contributed by atoms with Gasteiger partial charge in [0.1, 0.15) is 0 Å². The lowest BCUT2D eigenvalue weighted by molar-refractivity contribution is 0.160. The Morgan fingerprint density at radius 3 is 2.62 bits per heavy atom. The lowest BCUT2D eigenvalue weighted by Gasteiger charge is -2.32. The van der Waals surface area contributed by atoms with Gasteiger partial charge in [0, 0.05) is 17.6 Å². The first kappa shape index (κ1) is 17.1. The summed E-state index contributed by atoms with van der Waals surface area (Å²) in [6.45, 7) is 5.50.